The largest absolute Gasteiger partial charge is 0.300 e. The van der Waals surface area contributed by atoms with Gasteiger partial charge in [-0.25, -0.2) is 4.68 Å². The van der Waals surface area contributed by atoms with E-state index in [0.29, 0.717) is 5.71 Å². The molecule has 0 amide bonds. The highest BCUT2D eigenvalue weighted by Crippen LogP contribution is 2.16. The summed E-state index contributed by atoms with van der Waals surface area (Å²) in [5.74, 6) is 0. The maximum absolute atomic E-state index is 7.93. The highest BCUT2D eigenvalue weighted by atomic mass is 15.3. The van der Waals surface area contributed by atoms with E-state index < -0.39 is 0 Å². The molecule has 20 heavy (non-hydrogen) atoms. The average Bonchev–Trinajstić information content (AvgIpc) is 2.90. The normalized spacial score (nSPS) is 10.7. The van der Waals surface area contributed by atoms with Gasteiger partial charge in [0.15, 0.2) is 0 Å². The van der Waals surface area contributed by atoms with Crippen LogP contribution in [0.3, 0.4) is 0 Å². The molecule has 3 heteroatoms. The minimum atomic E-state index is 0.474. The van der Waals surface area contributed by atoms with Gasteiger partial charge in [0, 0.05) is 11.6 Å². The van der Waals surface area contributed by atoms with Gasteiger partial charge in [-0.1, -0.05) is 36.9 Å². The number of fused-ring (bicyclic) bond motifs is 1. The molecule has 0 unspecified atom stereocenters. The first-order chi connectivity index (χ1) is 9.65. The topological polar surface area (TPSA) is 41.7 Å². The van der Waals surface area contributed by atoms with Gasteiger partial charge in [0.1, 0.15) is 0 Å². The summed E-state index contributed by atoms with van der Waals surface area (Å²) in [4.78, 5) is 0. The Kier molecular flexibility index (Phi) is 2.95. The van der Waals surface area contributed by atoms with Gasteiger partial charge in [0.25, 0.3) is 0 Å². The van der Waals surface area contributed by atoms with Crippen LogP contribution in [-0.2, 0) is 0 Å². The molecule has 3 aromatic rings. The van der Waals surface area contributed by atoms with Crippen molar-refractivity contribution in [1.29, 1.82) is 5.41 Å². The Balaban J connectivity index is 1.98. The van der Waals surface area contributed by atoms with Crippen molar-refractivity contribution in [1.82, 2.24) is 9.78 Å². The number of aromatic nitrogens is 2. The van der Waals surface area contributed by atoms with E-state index >= 15 is 0 Å². The van der Waals surface area contributed by atoms with E-state index in [9.17, 15) is 0 Å². The fraction of sp³-hybridized carbons (Fsp3) is 0.0588. The third-order valence-electron chi connectivity index (χ3n) is 3.26. The molecule has 2 aromatic carbocycles. The molecule has 0 atom stereocenters. The molecule has 0 spiro atoms. The first-order valence-corrected chi connectivity index (χ1v) is 6.45. The molecule has 1 heterocycles. The van der Waals surface area contributed by atoms with E-state index in [1.807, 2.05) is 66.3 Å². The zero-order valence-electron chi connectivity index (χ0n) is 11.3. The summed E-state index contributed by atoms with van der Waals surface area (Å²) in [6, 6.07) is 15.8. The predicted octanol–water partition coefficient (Wildman–Crippen LogP) is 3.97. The third-order valence-corrected chi connectivity index (χ3v) is 3.26. The fourth-order valence-electron chi connectivity index (χ4n) is 2.12. The van der Waals surface area contributed by atoms with Gasteiger partial charge in [-0.15, -0.1) is 0 Å². The fourth-order valence-corrected chi connectivity index (χ4v) is 2.12. The SMILES string of the molecule is C=C(C)C(=N)c1ccc(-n2cc3ccccc3n2)cc1. The van der Waals surface area contributed by atoms with Crippen LogP contribution >= 0.6 is 0 Å². The molecule has 0 bridgehead atoms. The summed E-state index contributed by atoms with van der Waals surface area (Å²) >= 11 is 0. The molecule has 0 saturated carbocycles. The number of hydrogen-bond acceptors (Lipinski definition) is 2. The quantitative estimate of drug-likeness (QED) is 0.712. The van der Waals surface area contributed by atoms with E-state index in [-0.39, 0.29) is 0 Å². The molecule has 0 aliphatic rings. The summed E-state index contributed by atoms with van der Waals surface area (Å²) in [6.07, 6.45) is 2.01. The highest BCUT2D eigenvalue weighted by Gasteiger charge is 2.04. The number of nitrogens with zero attached hydrogens (tertiary/aromatic N) is 2. The zero-order chi connectivity index (χ0) is 14.1. The van der Waals surface area contributed by atoms with Crippen LogP contribution in [0.1, 0.15) is 12.5 Å². The summed E-state index contributed by atoms with van der Waals surface area (Å²) in [7, 11) is 0. The van der Waals surface area contributed by atoms with E-state index in [0.717, 1.165) is 27.7 Å². The Hall–Kier alpha value is -2.68. The van der Waals surface area contributed by atoms with Crippen molar-refractivity contribution in [2.75, 3.05) is 0 Å². The standard InChI is InChI=1S/C17H15N3/c1-12(2)17(18)13-7-9-15(10-8-13)20-11-14-5-3-4-6-16(14)19-20/h3-11,18H,1H2,2H3. The van der Waals surface area contributed by atoms with Gasteiger partial charge in [0.05, 0.1) is 16.9 Å². The second kappa shape index (κ2) is 4.78. The van der Waals surface area contributed by atoms with Crippen LogP contribution in [-0.4, -0.2) is 15.5 Å². The van der Waals surface area contributed by atoms with Crippen molar-refractivity contribution in [3.63, 3.8) is 0 Å². The summed E-state index contributed by atoms with van der Waals surface area (Å²) in [6.45, 7) is 5.64. The van der Waals surface area contributed by atoms with Gasteiger partial charge < -0.3 is 5.41 Å². The molecule has 1 N–H and O–H groups in total. The molecule has 3 rings (SSSR count). The Bertz CT molecular complexity index is 761. The third kappa shape index (κ3) is 2.14. The van der Waals surface area contributed by atoms with Crippen molar-refractivity contribution in [2.24, 2.45) is 0 Å². The van der Waals surface area contributed by atoms with Crippen molar-refractivity contribution in [3.05, 3.63) is 72.4 Å². The molecule has 98 valence electrons. The molecule has 1 aromatic heterocycles. The van der Waals surface area contributed by atoms with E-state index in [1.165, 1.54) is 0 Å². The predicted molar refractivity (Wildman–Crippen MR) is 82.7 cm³/mol. The minimum absolute atomic E-state index is 0.474. The van der Waals surface area contributed by atoms with Gasteiger partial charge in [0.2, 0.25) is 0 Å². The van der Waals surface area contributed by atoms with Crippen LogP contribution in [0.15, 0.2) is 66.9 Å². The summed E-state index contributed by atoms with van der Waals surface area (Å²) < 4.78 is 1.86. The molecule has 3 nitrogen and oxygen atoms in total. The molecule has 0 radical (unpaired) electrons. The van der Waals surface area contributed by atoms with Crippen LogP contribution in [0.4, 0.5) is 0 Å². The number of rotatable bonds is 3. The Morgan fingerprint density at radius 3 is 2.45 bits per heavy atom. The van der Waals surface area contributed by atoms with Gasteiger partial charge >= 0.3 is 0 Å². The molecular formula is C17H15N3. The van der Waals surface area contributed by atoms with Crippen LogP contribution in [0.2, 0.25) is 0 Å². The number of benzene rings is 2. The Morgan fingerprint density at radius 2 is 1.80 bits per heavy atom. The average molecular weight is 261 g/mol. The van der Waals surface area contributed by atoms with Crippen molar-refractivity contribution in [3.8, 4) is 5.69 Å². The monoisotopic (exact) mass is 261 g/mol. The van der Waals surface area contributed by atoms with Crippen LogP contribution in [0.5, 0.6) is 0 Å². The van der Waals surface area contributed by atoms with E-state index in [1.54, 1.807) is 0 Å². The maximum Gasteiger partial charge on any atom is 0.0927 e. The van der Waals surface area contributed by atoms with Crippen LogP contribution in [0.25, 0.3) is 16.6 Å². The van der Waals surface area contributed by atoms with E-state index in [4.69, 9.17) is 5.41 Å². The van der Waals surface area contributed by atoms with Gasteiger partial charge in [-0.2, -0.15) is 5.10 Å². The summed E-state index contributed by atoms with van der Waals surface area (Å²) in [5, 5.41) is 13.6. The Labute approximate surface area is 117 Å². The highest BCUT2D eigenvalue weighted by molar-refractivity contribution is 6.09. The minimum Gasteiger partial charge on any atom is -0.300 e. The Morgan fingerprint density at radius 1 is 1.10 bits per heavy atom. The zero-order valence-corrected chi connectivity index (χ0v) is 11.3. The number of allylic oxidation sites excluding steroid dienone is 1. The molecule has 0 fully saturated rings. The lowest BCUT2D eigenvalue weighted by molar-refractivity contribution is 0.896. The van der Waals surface area contributed by atoms with Gasteiger partial charge in [-0.05, 0) is 36.3 Å². The molecule has 0 saturated heterocycles. The first-order valence-electron chi connectivity index (χ1n) is 6.45. The van der Waals surface area contributed by atoms with E-state index in [2.05, 4.69) is 11.7 Å². The smallest absolute Gasteiger partial charge is 0.0927 e. The first kappa shape index (κ1) is 12.4. The second-order valence-corrected chi connectivity index (χ2v) is 4.83. The lowest BCUT2D eigenvalue weighted by Gasteiger charge is -2.05. The van der Waals surface area contributed by atoms with Crippen LogP contribution < -0.4 is 0 Å². The maximum atomic E-state index is 7.93. The molecular weight excluding hydrogens is 246 g/mol. The molecule has 0 aliphatic heterocycles. The number of nitrogens with one attached hydrogen (secondary N) is 1. The lowest BCUT2D eigenvalue weighted by Crippen LogP contribution is -2.00. The van der Waals surface area contributed by atoms with Crippen molar-refractivity contribution < 1.29 is 0 Å². The lowest BCUT2D eigenvalue weighted by atomic mass is 10.1. The molecule has 0 aliphatic carbocycles. The summed E-state index contributed by atoms with van der Waals surface area (Å²) in [5.41, 5.74) is 4.08. The second-order valence-electron chi connectivity index (χ2n) is 4.83. The van der Waals surface area contributed by atoms with Crippen LogP contribution in [0, 0.1) is 5.41 Å². The van der Waals surface area contributed by atoms with Crippen molar-refractivity contribution in [2.45, 2.75) is 6.92 Å². The van der Waals surface area contributed by atoms with Crippen molar-refractivity contribution >= 4 is 16.6 Å². The number of hydrogen-bond donors (Lipinski definition) is 1. The van der Waals surface area contributed by atoms with Gasteiger partial charge in [-0.3, -0.25) is 0 Å².